The Kier molecular flexibility index (Phi) is 4.64. The molecule has 0 spiro atoms. The van der Waals surface area contributed by atoms with E-state index in [2.05, 4.69) is 6.07 Å². The summed E-state index contributed by atoms with van der Waals surface area (Å²) in [5, 5.41) is 9.61. The van der Waals surface area contributed by atoms with Crippen LogP contribution in [-0.2, 0) is 13.6 Å². The maximum atomic E-state index is 12.5. The van der Waals surface area contributed by atoms with Gasteiger partial charge in [0.15, 0.2) is 4.77 Å². The topological polar surface area (TPSA) is 50.7 Å². The third-order valence-corrected chi connectivity index (χ3v) is 4.66. The molecule has 0 radical (unpaired) electrons. The fourth-order valence-corrected chi connectivity index (χ4v) is 3.03. The Morgan fingerprint density at radius 2 is 1.72 bits per heavy atom. The molecule has 25 heavy (non-hydrogen) atoms. The molecular weight excluding hydrogens is 330 g/mol. The van der Waals surface area contributed by atoms with Gasteiger partial charge in [-0.25, -0.2) is 0 Å². The predicted molar refractivity (Wildman–Crippen MR) is 101 cm³/mol. The highest BCUT2D eigenvalue weighted by atomic mass is 32.1. The number of benzene rings is 2. The van der Waals surface area contributed by atoms with E-state index < -0.39 is 0 Å². The van der Waals surface area contributed by atoms with E-state index in [0.717, 1.165) is 16.7 Å². The van der Waals surface area contributed by atoms with Crippen molar-refractivity contribution in [1.82, 2.24) is 9.13 Å². The van der Waals surface area contributed by atoms with Crippen LogP contribution in [0.5, 0.6) is 0 Å². The molecule has 2 aromatic carbocycles. The third kappa shape index (κ3) is 3.17. The average molecular weight is 347 g/mol. The van der Waals surface area contributed by atoms with Gasteiger partial charge in [0.25, 0.3) is 5.56 Å². The lowest BCUT2D eigenvalue weighted by Gasteiger charge is -2.18. The molecule has 0 fully saturated rings. The molecule has 0 saturated carbocycles. The number of aromatic nitrogens is 2. The van der Waals surface area contributed by atoms with Crippen LogP contribution in [0, 0.1) is 23.0 Å². The number of aryl methyl sites for hydroxylation is 1. The highest BCUT2D eigenvalue weighted by molar-refractivity contribution is 7.71. The zero-order chi connectivity index (χ0) is 18.0. The third-order valence-electron chi connectivity index (χ3n) is 4.16. The van der Waals surface area contributed by atoms with Crippen LogP contribution in [0.25, 0.3) is 11.3 Å². The van der Waals surface area contributed by atoms with Crippen molar-refractivity contribution in [3.05, 3.63) is 86.4 Å². The van der Waals surface area contributed by atoms with E-state index in [1.807, 2.05) is 66.1 Å². The lowest BCUT2D eigenvalue weighted by atomic mass is 10.0. The molecule has 0 amide bonds. The first-order valence-electron chi connectivity index (χ1n) is 7.88. The highest BCUT2D eigenvalue weighted by Gasteiger charge is 2.17. The minimum absolute atomic E-state index is 0.107. The summed E-state index contributed by atoms with van der Waals surface area (Å²) in [5.74, 6) is 0. The summed E-state index contributed by atoms with van der Waals surface area (Å²) in [7, 11) is 1.60. The second-order valence-electron chi connectivity index (χ2n) is 5.92. The first-order chi connectivity index (χ1) is 12.0. The van der Waals surface area contributed by atoms with E-state index >= 15 is 0 Å². The van der Waals surface area contributed by atoms with Crippen molar-refractivity contribution < 1.29 is 0 Å². The highest BCUT2D eigenvalue weighted by Crippen LogP contribution is 2.23. The molecule has 3 aromatic rings. The van der Waals surface area contributed by atoms with Crippen LogP contribution in [-0.4, -0.2) is 9.13 Å². The first-order valence-corrected chi connectivity index (χ1v) is 8.28. The van der Waals surface area contributed by atoms with Crippen LogP contribution < -0.4 is 5.56 Å². The van der Waals surface area contributed by atoms with Crippen molar-refractivity contribution in [2.24, 2.45) is 7.05 Å². The van der Waals surface area contributed by atoms with E-state index in [1.54, 1.807) is 7.05 Å². The second-order valence-corrected chi connectivity index (χ2v) is 6.29. The van der Waals surface area contributed by atoms with Gasteiger partial charge in [-0.2, -0.15) is 5.26 Å². The van der Waals surface area contributed by atoms with Gasteiger partial charge in [-0.1, -0.05) is 60.2 Å². The maximum absolute atomic E-state index is 12.5. The van der Waals surface area contributed by atoms with Crippen molar-refractivity contribution in [1.29, 1.82) is 5.26 Å². The molecule has 1 heterocycles. The smallest absolute Gasteiger partial charge is 0.272 e. The summed E-state index contributed by atoms with van der Waals surface area (Å²) in [6.07, 6.45) is 0. The minimum Gasteiger partial charge on any atom is -0.312 e. The van der Waals surface area contributed by atoms with E-state index in [1.165, 1.54) is 4.57 Å². The second kappa shape index (κ2) is 6.88. The number of nitriles is 1. The van der Waals surface area contributed by atoms with Gasteiger partial charge in [0.1, 0.15) is 11.6 Å². The van der Waals surface area contributed by atoms with Gasteiger partial charge < -0.3 is 4.57 Å². The van der Waals surface area contributed by atoms with Crippen LogP contribution in [0.4, 0.5) is 0 Å². The van der Waals surface area contributed by atoms with Gasteiger partial charge in [-0.3, -0.25) is 9.36 Å². The van der Waals surface area contributed by atoms with Gasteiger partial charge in [0.05, 0.1) is 12.2 Å². The molecule has 3 rings (SSSR count). The largest absolute Gasteiger partial charge is 0.312 e. The molecule has 0 saturated heterocycles. The fraction of sp³-hybridized carbons (Fsp3) is 0.150. The van der Waals surface area contributed by atoms with Crippen molar-refractivity contribution in [3.8, 4) is 17.3 Å². The maximum Gasteiger partial charge on any atom is 0.272 e. The minimum atomic E-state index is -0.368. The number of hydrogen-bond donors (Lipinski definition) is 0. The van der Waals surface area contributed by atoms with E-state index in [-0.39, 0.29) is 11.1 Å². The molecule has 0 aliphatic rings. The summed E-state index contributed by atoms with van der Waals surface area (Å²) in [4.78, 5) is 12.5. The molecule has 1 aromatic heterocycles. The SMILES string of the molecule is Cc1ccc(-c2c(C#N)c(=O)n(C)c(=S)n2Cc2ccccc2)cc1. The Hall–Kier alpha value is -2.97. The van der Waals surface area contributed by atoms with Crippen molar-refractivity contribution in [2.75, 3.05) is 0 Å². The molecule has 0 bridgehead atoms. The average Bonchev–Trinajstić information content (AvgIpc) is 2.64. The molecule has 124 valence electrons. The molecular formula is C20H17N3OS. The monoisotopic (exact) mass is 347 g/mol. The Morgan fingerprint density at radius 3 is 2.32 bits per heavy atom. The standard InChI is InChI=1S/C20H17N3OS/c1-14-8-10-16(11-9-14)18-17(12-21)19(24)22(2)20(25)23(18)13-15-6-4-3-5-7-15/h3-11H,13H2,1-2H3. The molecule has 0 atom stereocenters. The Labute approximate surface area is 151 Å². The van der Waals surface area contributed by atoms with Crippen molar-refractivity contribution in [3.63, 3.8) is 0 Å². The summed E-state index contributed by atoms with van der Waals surface area (Å²) in [6.45, 7) is 2.49. The number of hydrogen-bond acceptors (Lipinski definition) is 3. The zero-order valence-corrected chi connectivity index (χ0v) is 14.9. The quantitative estimate of drug-likeness (QED) is 0.677. The van der Waals surface area contributed by atoms with Gasteiger partial charge in [0, 0.05) is 7.05 Å². The van der Waals surface area contributed by atoms with Crippen LogP contribution in [0.2, 0.25) is 0 Å². The van der Waals surface area contributed by atoms with Gasteiger partial charge in [-0.15, -0.1) is 0 Å². The van der Waals surface area contributed by atoms with Crippen molar-refractivity contribution in [2.45, 2.75) is 13.5 Å². The van der Waals surface area contributed by atoms with E-state index in [9.17, 15) is 10.1 Å². The summed E-state index contributed by atoms with van der Waals surface area (Å²) in [6, 6.07) is 19.7. The molecule has 0 aliphatic carbocycles. The molecule has 0 N–H and O–H groups in total. The number of rotatable bonds is 3. The molecule has 0 unspecified atom stereocenters. The zero-order valence-electron chi connectivity index (χ0n) is 14.1. The number of nitrogens with zero attached hydrogens (tertiary/aromatic N) is 3. The van der Waals surface area contributed by atoms with Crippen LogP contribution in [0.1, 0.15) is 16.7 Å². The van der Waals surface area contributed by atoms with Crippen LogP contribution >= 0.6 is 12.2 Å². The normalized spacial score (nSPS) is 10.4. The first kappa shape index (κ1) is 16.9. The van der Waals surface area contributed by atoms with E-state index in [0.29, 0.717) is 17.0 Å². The summed E-state index contributed by atoms with van der Waals surface area (Å²) < 4.78 is 3.60. The Morgan fingerprint density at radius 1 is 1.08 bits per heavy atom. The lowest BCUT2D eigenvalue weighted by molar-refractivity contribution is 0.677. The predicted octanol–water partition coefficient (Wildman–Crippen LogP) is 3.81. The van der Waals surface area contributed by atoms with Crippen molar-refractivity contribution >= 4 is 12.2 Å². The van der Waals surface area contributed by atoms with Gasteiger partial charge in [-0.05, 0) is 30.3 Å². The van der Waals surface area contributed by atoms with E-state index in [4.69, 9.17) is 12.2 Å². The molecule has 5 heteroatoms. The molecule has 4 nitrogen and oxygen atoms in total. The van der Waals surface area contributed by atoms with Gasteiger partial charge >= 0.3 is 0 Å². The lowest BCUT2D eigenvalue weighted by Crippen LogP contribution is -2.27. The summed E-state index contributed by atoms with van der Waals surface area (Å²) >= 11 is 5.52. The Bertz CT molecular complexity index is 1070. The van der Waals surface area contributed by atoms with Crippen LogP contribution in [0.15, 0.2) is 59.4 Å². The van der Waals surface area contributed by atoms with Crippen LogP contribution in [0.3, 0.4) is 0 Å². The summed E-state index contributed by atoms with van der Waals surface area (Å²) in [5.41, 5.74) is 3.28. The Balaban J connectivity index is 2.34. The fourth-order valence-electron chi connectivity index (χ4n) is 2.79. The molecule has 0 aliphatic heterocycles. The van der Waals surface area contributed by atoms with Gasteiger partial charge in [0.2, 0.25) is 0 Å².